The smallest absolute Gasteiger partial charge is 0.258 e. The van der Waals surface area contributed by atoms with E-state index in [4.69, 9.17) is 9.47 Å². The van der Waals surface area contributed by atoms with Crippen LogP contribution in [-0.2, 0) is 11.2 Å². The van der Waals surface area contributed by atoms with Gasteiger partial charge in [-0.15, -0.1) is 0 Å². The lowest BCUT2D eigenvalue weighted by molar-refractivity contribution is 0.0904. The Morgan fingerprint density at radius 3 is 2.58 bits per heavy atom. The Balaban J connectivity index is 1.37. The number of H-pyrrole nitrogens is 1. The van der Waals surface area contributed by atoms with Crippen molar-refractivity contribution in [2.24, 2.45) is 0 Å². The maximum atomic E-state index is 13.7. The Hall–Kier alpha value is -4.02. The molecule has 1 aromatic heterocycles. The molecule has 5 rings (SSSR count). The van der Waals surface area contributed by atoms with Crippen LogP contribution in [0, 0.1) is 11.6 Å². The van der Waals surface area contributed by atoms with E-state index >= 15 is 0 Å². The molecule has 0 aliphatic carbocycles. The van der Waals surface area contributed by atoms with Gasteiger partial charge in [-0.05, 0) is 80.9 Å². The number of nitrogens with one attached hydrogen (secondary N) is 3. The maximum Gasteiger partial charge on any atom is 0.258 e. The van der Waals surface area contributed by atoms with E-state index in [9.17, 15) is 13.6 Å². The second kappa shape index (κ2) is 12.4. The number of anilines is 2. The van der Waals surface area contributed by atoms with Gasteiger partial charge in [0.2, 0.25) is 0 Å². The van der Waals surface area contributed by atoms with Crippen molar-refractivity contribution in [3.8, 4) is 5.75 Å². The van der Waals surface area contributed by atoms with Crippen LogP contribution in [-0.4, -0.2) is 67.5 Å². The molecule has 3 aromatic carbocycles. The number of aromatic amines is 1. The third-order valence-corrected chi connectivity index (χ3v) is 6.81. The highest BCUT2D eigenvalue weighted by Crippen LogP contribution is 2.28. The van der Waals surface area contributed by atoms with Gasteiger partial charge in [0.15, 0.2) is 5.82 Å². The molecule has 1 aliphatic heterocycles. The third-order valence-electron chi connectivity index (χ3n) is 6.81. The molecule has 1 saturated heterocycles. The number of carbonyl (C=O) groups excluding carboxylic acids is 1. The summed E-state index contributed by atoms with van der Waals surface area (Å²) in [6.07, 6.45) is 2.02. The van der Waals surface area contributed by atoms with Gasteiger partial charge in [0, 0.05) is 43.3 Å². The van der Waals surface area contributed by atoms with Gasteiger partial charge >= 0.3 is 0 Å². The van der Waals surface area contributed by atoms with Crippen molar-refractivity contribution < 1.29 is 23.0 Å². The van der Waals surface area contributed by atoms with Gasteiger partial charge in [-0.3, -0.25) is 9.89 Å². The molecule has 0 atom stereocenters. The van der Waals surface area contributed by atoms with E-state index in [1.807, 2.05) is 43.3 Å². The molecule has 1 fully saturated rings. The summed E-state index contributed by atoms with van der Waals surface area (Å²) in [7, 11) is 3.97. The minimum Gasteiger partial charge on any atom is -0.492 e. The monoisotopic (exact) mass is 549 g/mol. The number of rotatable bonds is 10. The molecular formula is C30H33F2N5O3. The Kier molecular flexibility index (Phi) is 8.57. The minimum absolute atomic E-state index is 0.179. The molecule has 1 aliphatic rings. The maximum absolute atomic E-state index is 13.7. The van der Waals surface area contributed by atoms with E-state index in [1.165, 1.54) is 12.1 Å². The lowest BCUT2D eigenvalue weighted by atomic mass is 10.0. The number of carbonyl (C=O) groups is 1. The second-order valence-electron chi connectivity index (χ2n) is 10.3. The number of hydrogen-bond donors (Lipinski definition) is 3. The van der Waals surface area contributed by atoms with E-state index < -0.39 is 11.6 Å². The Morgan fingerprint density at radius 1 is 1.05 bits per heavy atom. The molecule has 0 unspecified atom stereocenters. The molecule has 40 heavy (non-hydrogen) atoms. The number of halogens is 2. The van der Waals surface area contributed by atoms with Crippen molar-refractivity contribution in [1.82, 2.24) is 15.1 Å². The summed E-state index contributed by atoms with van der Waals surface area (Å²) in [6.45, 7) is 2.64. The first-order valence-corrected chi connectivity index (χ1v) is 13.3. The van der Waals surface area contributed by atoms with Crippen molar-refractivity contribution in [1.29, 1.82) is 0 Å². The lowest BCUT2D eigenvalue weighted by Crippen LogP contribution is -2.29. The largest absolute Gasteiger partial charge is 0.492 e. The predicted octanol–water partition coefficient (Wildman–Crippen LogP) is 5.22. The normalized spacial score (nSPS) is 14.0. The van der Waals surface area contributed by atoms with Gasteiger partial charge in [-0.25, -0.2) is 8.78 Å². The van der Waals surface area contributed by atoms with Crippen LogP contribution in [0.25, 0.3) is 10.9 Å². The van der Waals surface area contributed by atoms with Crippen LogP contribution in [0.1, 0.15) is 34.3 Å². The van der Waals surface area contributed by atoms with Crippen LogP contribution < -0.4 is 15.4 Å². The van der Waals surface area contributed by atoms with Gasteiger partial charge in [0.1, 0.15) is 24.0 Å². The predicted molar refractivity (Wildman–Crippen MR) is 151 cm³/mol. The number of nitrogens with zero attached hydrogens (tertiary/aromatic N) is 2. The molecule has 2 heterocycles. The topological polar surface area (TPSA) is 91.5 Å². The zero-order valence-corrected chi connectivity index (χ0v) is 22.6. The Bertz CT molecular complexity index is 1460. The van der Waals surface area contributed by atoms with E-state index in [-0.39, 0.29) is 11.9 Å². The first kappa shape index (κ1) is 27.5. The van der Waals surface area contributed by atoms with Gasteiger partial charge in [-0.1, -0.05) is 6.07 Å². The van der Waals surface area contributed by atoms with E-state index in [0.29, 0.717) is 60.0 Å². The number of benzene rings is 3. The van der Waals surface area contributed by atoms with Crippen molar-refractivity contribution >= 4 is 28.3 Å². The number of hydrogen-bond acceptors (Lipinski definition) is 6. The molecule has 4 aromatic rings. The molecule has 8 nitrogen and oxygen atoms in total. The molecule has 10 heteroatoms. The van der Waals surface area contributed by atoms with E-state index in [1.54, 1.807) is 12.1 Å². The van der Waals surface area contributed by atoms with Crippen molar-refractivity contribution in [2.45, 2.75) is 25.3 Å². The fourth-order valence-electron chi connectivity index (χ4n) is 4.73. The fourth-order valence-corrected chi connectivity index (χ4v) is 4.73. The molecule has 0 radical (unpaired) electrons. The average Bonchev–Trinajstić information content (AvgIpc) is 3.30. The third kappa shape index (κ3) is 6.94. The van der Waals surface area contributed by atoms with Crippen LogP contribution >= 0.6 is 0 Å². The standard InChI is InChI=1S/C30H33F2N5O3/c1-37(2)9-12-40-24-4-5-25(28(18-24)33-23-7-10-39-11-8-23)30(38)34-29-26-16-19(3-6-27(26)35-36-29)13-20-14-21(31)17-22(32)15-20/h3-6,14-18,23,33H,7-13H2,1-2H3,(H2,34,35,36,38). The molecule has 0 saturated carbocycles. The summed E-state index contributed by atoms with van der Waals surface area (Å²) in [4.78, 5) is 15.6. The second-order valence-corrected chi connectivity index (χ2v) is 10.3. The Labute approximate surface area is 231 Å². The quantitative estimate of drug-likeness (QED) is 0.251. The molecule has 1 amide bonds. The molecule has 0 spiro atoms. The summed E-state index contributed by atoms with van der Waals surface area (Å²) in [6, 6.07) is 14.6. The summed E-state index contributed by atoms with van der Waals surface area (Å²) in [5.41, 5.74) is 3.22. The van der Waals surface area contributed by atoms with Crippen LogP contribution in [0.4, 0.5) is 20.3 Å². The first-order valence-electron chi connectivity index (χ1n) is 13.3. The minimum atomic E-state index is -0.619. The summed E-state index contributed by atoms with van der Waals surface area (Å²) >= 11 is 0. The number of ether oxygens (including phenoxy) is 2. The van der Waals surface area contributed by atoms with E-state index in [2.05, 4.69) is 20.8 Å². The molecule has 0 bridgehead atoms. The van der Waals surface area contributed by atoms with Crippen molar-refractivity contribution in [3.05, 3.63) is 82.9 Å². The highest BCUT2D eigenvalue weighted by atomic mass is 19.1. The number of likely N-dealkylation sites (N-methyl/N-ethyl adjacent to an activating group) is 1. The fraction of sp³-hybridized carbons (Fsp3) is 0.333. The summed E-state index contributed by atoms with van der Waals surface area (Å²) in [5.74, 6) is -0.508. The van der Waals surface area contributed by atoms with Crippen LogP contribution in [0.15, 0.2) is 54.6 Å². The summed E-state index contributed by atoms with van der Waals surface area (Å²) < 4.78 is 38.8. The SMILES string of the molecule is CN(C)CCOc1ccc(C(=O)Nc2n[nH]c3ccc(Cc4cc(F)cc(F)c4)cc23)c(NC2CCOCC2)c1. The van der Waals surface area contributed by atoms with Crippen LogP contribution in [0.5, 0.6) is 5.75 Å². The summed E-state index contributed by atoms with van der Waals surface area (Å²) in [5, 5.41) is 14.4. The first-order chi connectivity index (χ1) is 19.3. The average molecular weight is 550 g/mol. The van der Waals surface area contributed by atoms with E-state index in [0.717, 1.165) is 36.5 Å². The number of amides is 1. The Morgan fingerprint density at radius 2 is 1.82 bits per heavy atom. The van der Waals surface area contributed by atoms with Gasteiger partial charge in [0.25, 0.3) is 5.91 Å². The molecular weight excluding hydrogens is 516 g/mol. The highest BCUT2D eigenvalue weighted by Gasteiger charge is 2.20. The lowest BCUT2D eigenvalue weighted by Gasteiger charge is -2.25. The zero-order valence-electron chi connectivity index (χ0n) is 22.6. The van der Waals surface area contributed by atoms with Crippen LogP contribution in [0.3, 0.4) is 0 Å². The van der Waals surface area contributed by atoms with Gasteiger partial charge < -0.3 is 25.0 Å². The molecule has 3 N–H and O–H groups in total. The van der Waals surface area contributed by atoms with Crippen molar-refractivity contribution in [3.63, 3.8) is 0 Å². The van der Waals surface area contributed by atoms with Crippen molar-refractivity contribution in [2.75, 3.05) is 51.1 Å². The number of fused-ring (bicyclic) bond motifs is 1. The van der Waals surface area contributed by atoms with Gasteiger partial charge in [-0.2, -0.15) is 5.10 Å². The zero-order chi connectivity index (χ0) is 28.1. The molecule has 210 valence electrons. The van der Waals surface area contributed by atoms with Gasteiger partial charge in [0.05, 0.1) is 16.8 Å². The highest BCUT2D eigenvalue weighted by molar-refractivity contribution is 6.10. The van der Waals surface area contributed by atoms with Crippen LogP contribution in [0.2, 0.25) is 0 Å². The number of aromatic nitrogens is 2.